The summed E-state index contributed by atoms with van der Waals surface area (Å²) in [5, 5.41) is 3.61. The third kappa shape index (κ3) is 2.32. The molecule has 0 unspecified atom stereocenters. The first kappa shape index (κ1) is 13.2. The quantitative estimate of drug-likeness (QED) is 0.797. The number of anilines is 1. The number of rotatable bonds is 3. The Morgan fingerprint density at radius 2 is 1.91 bits per heavy atom. The van der Waals surface area contributed by atoms with Crippen molar-refractivity contribution in [2.24, 2.45) is 0 Å². The van der Waals surface area contributed by atoms with Crippen molar-refractivity contribution in [2.45, 2.75) is 31.7 Å². The number of halogens is 1. The number of nitrogens with one attached hydrogen (secondary N) is 1. The lowest BCUT2D eigenvalue weighted by atomic mass is 10.1. The number of nitrogens with zero attached hydrogens (tertiary/aromatic N) is 3. The molecule has 5 heteroatoms. The molecule has 0 amide bonds. The van der Waals surface area contributed by atoms with E-state index in [2.05, 4.69) is 15.3 Å². The Hall–Kier alpha value is -2.43. The smallest absolute Gasteiger partial charge is 0.235 e. The van der Waals surface area contributed by atoms with E-state index >= 15 is 0 Å². The highest BCUT2D eigenvalue weighted by Gasteiger charge is 2.20. The third-order valence-electron chi connectivity index (χ3n) is 4.22. The van der Waals surface area contributed by atoms with Crippen LogP contribution >= 0.6 is 0 Å². The van der Waals surface area contributed by atoms with Crippen molar-refractivity contribution in [3.8, 4) is 11.3 Å². The van der Waals surface area contributed by atoms with Gasteiger partial charge in [-0.15, -0.1) is 0 Å². The van der Waals surface area contributed by atoms with Gasteiger partial charge in [0, 0.05) is 24.0 Å². The molecule has 0 spiro atoms. The van der Waals surface area contributed by atoms with E-state index in [0.717, 1.165) is 17.1 Å². The van der Waals surface area contributed by atoms with E-state index < -0.39 is 0 Å². The second-order valence-corrected chi connectivity index (χ2v) is 5.73. The van der Waals surface area contributed by atoms with Crippen LogP contribution in [0.15, 0.2) is 42.7 Å². The van der Waals surface area contributed by atoms with Crippen LogP contribution in [-0.2, 0) is 0 Å². The largest absolute Gasteiger partial charge is 0.367 e. The molecule has 1 aromatic carbocycles. The van der Waals surface area contributed by atoms with Gasteiger partial charge < -0.3 is 5.32 Å². The lowest BCUT2D eigenvalue weighted by molar-refractivity contribution is 0.628. The fourth-order valence-electron chi connectivity index (χ4n) is 3.10. The molecular weight excluding hydrogens is 279 g/mol. The summed E-state index contributed by atoms with van der Waals surface area (Å²) in [6.45, 7) is 0. The summed E-state index contributed by atoms with van der Waals surface area (Å²) in [5.41, 5.74) is 1.72. The minimum atomic E-state index is -0.240. The van der Waals surface area contributed by atoms with Crippen molar-refractivity contribution < 1.29 is 4.39 Å². The van der Waals surface area contributed by atoms with Crippen LogP contribution in [0.2, 0.25) is 0 Å². The highest BCUT2D eigenvalue weighted by Crippen LogP contribution is 2.31. The summed E-state index contributed by atoms with van der Waals surface area (Å²) in [6, 6.07) is 8.81. The Balaban J connectivity index is 1.83. The van der Waals surface area contributed by atoms with Crippen LogP contribution < -0.4 is 5.32 Å². The summed E-state index contributed by atoms with van der Waals surface area (Å²) in [4.78, 5) is 8.94. The van der Waals surface area contributed by atoms with Crippen LogP contribution in [0, 0.1) is 5.82 Å². The first-order valence-corrected chi connectivity index (χ1v) is 7.67. The Kier molecular flexibility index (Phi) is 3.25. The summed E-state index contributed by atoms with van der Waals surface area (Å²) in [7, 11) is 0. The van der Waals surface area contributed by atoms with Crippen molar-refractivity contribution in [3.05, 3.63) is 48.5 Å². The molecule has 2 aromatic heterocycles. The van der Waals surface area contributed by atoms with Gasteiger partial charge in [-0.05, 0) is 43.2 Å². The molecule has 0 radical (unpaired) electrons. The molecule has 0 bridgehead atoms. The highest BCUT2D eigenvalue weighted by atomic mass is 19.1. The van der Waals surface area contributed by atoms with Gasteiger partial charge in [0.05, 0.1) is 0 Å². The van der Waals surface area contributed by atoms with E-state index in [-0.39, 0.29) is 5.82 Å². The van der Waals surface area contributed by atoms with E-state index in [4.69, 9.17) is 0 Å². The predicted octanol–water partition coefficient (Wildman–Crippen LogP) is 3.89. The van der Waals surface area contributed by atoms with Crippen LogP contribution in [0.3, 0.4) is 0 Å². The van der Waals surface area contributed by atoms with E-state index in [1.165, 1.54) is 37.8 Å². The molecule has 1 N–H and O–H groups in total. The standard InChI is InChI=1S/C17H17FN4/c18-13-8-6-12(7-9-13)15-16(20-14-4-1-2-5-14)22-11-3-10-19-17(22)21-15/h3,6-11,14,20H,1-2,4-5H2. The zero-order valence-electron chi connectivity index (χ0n) is 12.2. The molecule has 1 aliphatic carbocycles. The normalized spacial score (nSPS) is 15.5. The Labute approximate surface area is 128 Å². The van der Waals surface area contributed by atoms with E-state index in [1.54, 1.807) is 18.3 Å². The van der Waals surface area contributed by atoms with E-state index in [9.17, 15) is 4.39 Å². The SMILES string of the molecule is Fc1ccc(-c2nc3ncccn3c2NC2CCCC2)cc1. The molecular formula is C17H17FN4. The summed E-state index contributed by atoms with van der Waals surface area (Å²) < 4.78 is 15.2. The minimum Gasteiger partial charge on any atom is -0.367 e. The molecule has 1 aliphatic rings. The number of benzene rings is 1. The van der Waals surface area contributed by atoms with Crippen LogP contribution in [-0.4, -0.2) is 20.4 Å². The number of imidazole rings is 1. The first-order valence-electron chi connectivity index (χ1n) is 7.67. The van der Waals surface area contributed by atoms with Gasteiger partial charge in [0.1, 0.15) is 17.3 Å². The predicted molar refractivity (Wildman–Crippen MR) is 84.3 cm³/mol. The maximum absolute atomic E-state index is 13.2. The fourth-order valence-corrected chi connectivity index (χ4v) is 3.10. The number of aromatic nitrogens is 3. The fraction of sp³-hybridized carbons (Fsp3) is 0.294. The second kappa shape index (κ2) is 5.40. The lowest BCUT2D eigenvalue weighted by Gasteiger charge is -2.14. The number of hydrogen-bond donors (Lipinski definition) is 1. The van der Waals surface area contributed by atoms with Crippen LogP contribution in [0.4, 0.5) is 10.2 Å². The van der Waals surface area contributed by atoms with Crippen molar-refractivity contribution in [2.75, 3.05) is 5.32 Å². The topological polar surface area (TPSA) is 42.2 Å². The molecule has 1 saturated carbocycles. The van der Waals surface area contributed by atoms with Crippen molar-refractivity contribution in [1.29, 1.82) is 0 Å². The van der Waals surface area contributed by atoms with Crippen molar-refractivity contribution >= 4 is 11.6 Å². The number of hydrogen-bond acceptors (Lipinski definition) is 3. The second-order valence-electron chi connectivity index (χ2n) is 5.73. The molecule has 4 nitrogen and oxygen atoms in total. The highest BCUT2D eigenvalue weighted by molar-refractivity contribution is 5.75. The van der Waals surface area contributed by atoms with Crippen molar-refractivity contribution in [3.63, 3.8) is 0 Å². The molecule has 112 valence electrons. The van der Waals surface area contributed by atoms with E-state index in [0.29, 0.717) is 11.8 Å². The number of fused-ring (bicyclic) bond motifs is 1. The average Bonchev–Trinajstić information content (AvgIpc) is 3.17. The van der Waals surface area contributed by atoms with Crippen LogP contribution in [0.5, 0.6) is 0 Å². The first-order chi connectivity index (χ1) is 10.8. The van der Waals surface area contributed by atoms with Gasteiger partial charge in [0.15, 0.2) is 0 Å². The molecule has 0 saturated heterocycles. The molecule has 22 heavy (non-hydrogen) atoms. The summed E-state index contributed by atoms with van der Waals surface area (Å²) in [6.07, 6.45) is 8.57. The van der Waals surface area contributed by atoms with Gasteiger partial charge in [0.2, 0.25) is 5.78 Å². The molecule has 2 heterocycles. The molecule has 3 aromatic rings. The average molecular weight is 296 g/mol. The van der Waals surface area contributed by atoms with Crippen LogP contribution in [0.1, 0.15) is 25.7 Å². The van der Waals surface area contributed by atoms with Gasteiger partial charge in [0.25, 0.3) is 0 Å². The van der Waals surface area contributed by atoms with Gasteiger partial charge >= 0.3 is 0 Å². The van der Waals surface area contributed by atoms with Gasteiger partial charge in [-0.25, -0.2) is 14.4 Å². The molecule has 0 atom stereocenters. The van der Waals surface area contributed by atoms with E-state index in [1.807, 2.05) is 16.7 Å². The maximum atomic E-state index is 13.2. The van der Waals surface area contributed by atoms with Gasteiger partial charge in [-0.1, -0.05) is 12.8 Å². The maximum Gasteiger partial charge on any atom is 0.235 e. The van der Waals surface area contributed by atoms with Gasteiger partial charge in [-0.2, -0.15) is 0 Å². The summed E-state index contributed by atoms with van der Waals surface area (Å²) >= 11 is 0. The molecule has 4 rings (SSSR count). The Bertz CT molecular complexity index is 788. The lowest BCUT2D eigenvalue weighted by Crippen LogP contribution is -2.16. The monoisotopic (exact) mass is 296 g/mol. The third-order valence-corrected chi connectivity index (χ3v) is 4.22. The Morgan fingerprint density at radius 1 is 1.14 bits per heavy atom. The Morgan fingerprint density at radius 3 is 2.68 bits per heavy atom. The minimum absolute atomic E-state index is 0.240. The van der Waals surface area contributed by atoms with Crippen molar-refractivity contribution in [1.82, 2.24) is 14.4 Å². The molecule has 1 fully saturated rings. The zero-order valence-corrected chi connectivity index (χ0v) is 12.2. The zero-order chi connectivity index (χ0) is 14.9. The van der Waals surface area contributed by atoms with Gasteiger partial charge in [-0.3, -0.25) is 4.40 Å². The van der Waals surface area contributed by atoms with Crippen LogP contribution in [0.25, 0.3) is 17.0 Å². The molecule has 0 aliphatic heterocycles. The summed E-state index contributed by atoms with van der Waals surface area (Å²) in [5.74, 6) is 1.36.